The van der Waals surface area contributed by atoms with Crippen LogP contribution in [0.4, 0.5) is 0 Å². The lowest BCUT2D eigenvalue weighted by Gasteiger charge is -2.22. The maximum atomic E-state index is 12.5. The minimum Gasteiger partial charge on any atom is -0.497 e. The minimum absolute atomic E-state index is 0.0150. The summed E-state index contributed by atoms with van der Waals surface area (Å²) >= 11 is 4.86. The topological polar surface area (TPSA) is 69.0 Å². The van der Waals surface area contributed by atoms with Gasteiger partial charge >= 0.3 is 0 Å². The number of benzene rings is 1. The van der Waals surface area contributed by atoms with Gasteiger partial charge in [0.15, 0.2) is 0 Å². The number of hydrogen-bond donors (Lipinski definition) is 1. The number of rotatable bonds is 4. The van der Waals surface area contributed by atoms with E-state index in [0.717, 1.165) is 56.0 Å². The number of nitrogens with one attached hydrogen (secondary N) is 1. The summed E-state index contributed by atoms with van der Waals surface area (Å²) in [6, 6.07) is 11.7. The van der Waals surface area contributed by atoms with E-state index in [1.54, 1.807) is 13.3 Å². The fourth-order valence-electron chi connectivity index (χ4n) is 3.88. The molecular formula is C22H19BrN4O2S. The molecular weight excluding hydrogens is 464 g/mol. The van der Waals surface area contributed by atoms with E-state index in [4.69, 9.17) is 9.84 Å². The SMILES string of the molecule is COc1ccc2nccc(-n3cc4c(n3)CCC(NC(=O)c3ccc(Br)s3)C4)c2c1. The molecule has 1 N–H and O–H groups in total. The Bertz CT molecular complexity index is 1250. The Morgan fingerprint density at radius 2 is 2.20 bits per heavy atom. The average Bonchev–Trinajstić information content (AvgIpc) is 3.38. The lowest BCUT2D eigenvalue weighted by Crippen LogP contribution is -2.38. The normalized spacial score (nSPS) is 15.7. The van der Waals surface area contributed by atoms with Crippen LogP contribution in [0.5, 0.6) is 5.75 Å². The zero-order valence-corrected chi connectivity index (χ0v) is 18.7. The van der Waals surface area contributed by atoms with Crippen molar-refractivity contribution in [3.8, 4) is 11.4 Å². The molecule has 0 bridgehead atoms. The average molecular weight is 483 g/mol. The smallest absolute Gasteiger partial charge is 0.261 e. The van der Waals surface area contributed by atoms with Crippen molar-refractivity contribution < 1.29 is 9.53 Å². The van der Waals surface area contributed by atoms with E-state index in [2.05, 4.69) is 32.4 Å². The molecule has 0 radical (unpaired) electrons. The van der Waals surface area contributed by atoms with Gasteiger partial charge < -0.3 is 10.1 Å². The summed E-state index contributed by atoms with van der Waals surface area (Å²) in [6.07, 6.45) is 6.37. The predicted octanol–water partition coefficient (Wildman–Crippen LogP) is 4.54. The molecule has 5 rings (SSSR count). The van der Waals surface area contributed by atoms with Crippen molar-refractivity contribution in [3.05, 3.63) is 68.7 Å². The molecule has 30 heavy (non-hydrogen) atoms. The van der Waals surface area contributed by atoms with Crippen molar-refractivity contribution in [2.24, 2.45) is 0 Å². The fourth-order valence-corrected chi connectivity index (χ4v) is 5.17. The van der Waals surface area contributed by atoms with Gasteiger partial charge in [-0.3, -0.25) is 9.78 Å². The summed E-state index contributed by atoms with van der Waals surface area (Å²) in [6.45, 7) is 0. The highest BCUT2D eigenvalue weighted by atomic mass is 79.9. The molecule has 1 atom stereocenters. The van der Waals surface area contributed by atoms with Crippen molar-refractivity contribution in [1.82, 2.24) is 20.1 Å². The minimum atomic E-state index is -0.0150. The second-order valence-electron chi connectivity index (χ2n) is 7.28. The Labute approximate surface area is 186 Å². The number of aromatic nitrogens is 3. The van der Waals surface area contributed by atoms with Gasteiger partial charge in [-0.15, -0.1) is 11.3 Å². The molecule has 0 saturated heterocycles. The third-order valence-corrected chi connectivity index (χ3v) is 7.00. The van der Waals surface area contributed by atoms with Crippen LogP contribution in [0.1, 0.15) is 27.3 Å². The molecule has 1 aliphatic rings. The van der Waals surface area contributed by atoms with Gasteiger partial charge in [0, 0.05) is 23.8 Å². The molecule has 0 saturated carbocycles. The Kier molecular flexibility index (Phi) is 5.04. The summed E-state index contributed by atoms with van der Waals surface area (Å²) in [7, 11) is 1.66. The highest BCUT2D eigenvalue weighted by Crippen LogP contribution is 2.28. The number of pyridine rings is 1. The molecule has 1 amide bonds. The molecule has 0 aliphatic heterocycles. The van der Waals surface area contributed by atoms with E-state index >= 15 is 0 Å². The molecule has 4 aromatic rings. The van der Waals surface area contributed by atoms with E-state index in [9.17, 15) is 4.79 Å². The van der Waals surface area contributed by atoms with Gasteiger partial charge in [0.05, 0.1) is 32.7 Å². The van der Waals surface area contributed by atoms with E-state index in [1.165, 1.54) is 16.9 Å². The Morgan fingerprint density at radius 1 is 1.30 bits per heavy atom. The molecule has 6 nitrogen and oxygen atoms in total. The lowest BCUT2D eigenvalue weighted by atomic mass is 9.93. The van der Waals surface area contributed by atoms with Crippen molar-refractivity contribution in [2.45, 2.75) is 25.3 Å². The van der Waals surface area contributed by atoms with Crippen LogP contribution in [0.25, 0.3) is 16.6 Å². The first kappa shape index (κ1) is 19.3. The van der Waals surface area contributed by atoms with Crippen LogP contribution >= 0.6 is 27.3 Å². The van der Waals surface area contributed by atoms with Crippen molar-refractivity contribution in [1.29, 1.82) is 0 Å². The van der Waals surface area contributed by atoms with Gasteiger partial charge in [0.25, 0.3) is 5.91 Å². The first-order chi connectivity index (χ1) is 14.6. The Balaban J connectivity index is 1.40. The molecule has 3 heterocycles. The van der Waals surface area contributed by atoms with Crippen molar-refractivity contribution in [2.75, 3.05) is 7.11 Å². The van der Waals surface area contributed by atoms with Crippen LogP contribution in [0, 0.1) is 0 Å². The number of methoxy groups -OCH3 is 1. The number of thiophene rings is 1. The number of nitrogens with zero attached hydrogens (tertiary/aromatic N) is 3. The van der Waals surface area contributed by atoms with E-state index < -0.39 is 0 Å². The maximum absolute atomic E-state index is 12.5. The second kappa shape index (κ2) is 7.85. The first-order valence-electron chi connectivity index (χ1n) is 9.67. The molecule has 1 aromatic carbocycles. The number of halogens is 1. The Hall–Kier alpha value is -2.71. The molecule has 8 heteroatoms. The van der Waals surface area contributed by atoms with Crippen LogP contribution in [0.2, 0.25) is 0 Å². The van der Waals surface area contributed by atoms with E-state index in [0.29, 0.717) is 0 Å². The molecule has 0 spiro atoms. The third kappa shape index (κ3) is 3.61. The van der Waals surface area contributed by atoms with Crippen molar-refractivity contribution >= 4 is 44.1 Å². The lowest BCUT2D eigenvalue weighted by molar-refractivity contribution is 0.0937. The molecule has 1 aliphatic carbocycles. The predicted molar refractivity (Wildman–Crippen MR) is 121 cm³/mol. The monoisotopic (exact) mass is 482 g/mol. The number of carbonyl (C=O) groups excluding carboxylic acids is 1. The van der Waals surface area contributed by atoms with E-state index in [-0.39, 0.29) is 11.9 Å². The number of fused-ring (bicyclic) bond motifs is 2. The maximum Gasteiger partial charge on any atom is 0.261 e. The summed E-state index contributed by atoms with van der Waals surface area (Å²) in [4.78, 5) is 17.7. The zero-order chi connectivity index (χ0) is 20.7. The van der Waals surface area contributed by atoms with Gasteiger partial charge in [-0.25, -0.2) is 4.68 Å². The van der Waals surface area contributed by atoms with Crippen LogP contribution in [0.15, 0.2) is 52.6 Å². The number of ether oxygens (including phenoxy) is 1. The van der Waals surface area contributed by atoms with Crippen LogP contribution in [-0.2, 0) is 12.8 Å². The fraction of sp³-hybridized carbons (Fsp3) is 0.227. The molecule has 152 valence electrons. The summed E-state index contributed by atoms with van der Waals surface area (Å²) in [5, 5.41) is 8.99. The number of amides is 1. The van der Waals surface area contributed by atoms with Gasteiger partial charge in [0.2, 0.25) is 0 Å². The summed E-state index contributed by atoms with van der Waals surface area (Å²) < 4.78 is 8.27. The largest absolute Gasteiger partial charge is 0.497 e. The van der Waals surface area contributed by atoms with Gasteiger partial charge in [0.1, 0.15) is 5.75 Å². The van der Waals surface area contributed by atoms with Gasteiger partial charge in [-0.1, -0.05) is 0 Å². The number of carbonyl (C=O) groups is 1. The van der Waals surface area contributed by atoms with Gasteiger partial charge in [-0.05, 0) is 77.2 Å². The summed E-state index contributed by atoms with van der Waals surface area (Å²) in [5.74, 6) is 0.774. The van der Waals surface area contributed by atoms with Crippen LogP contribution in [0.3, 0.4) is 0 Å². The molecule has 0 fully saturated rings. The zero-order valence-electron chi connectivity index (χ0n) is 16.3. The molecule has 1 unspecified atom stereocenters. The van der Waals surface area contributed by atoms with Crippen molar-refractivity contribution in [3.63, 3.8) is 0 Å². The highest BCUT2D eigenvalue weighted by molar-refractivity contribution is 9.11. The standard InChI is InChI=1S/C22H19BrN4O2S/c1-29-15-3-5-18-16(11-15)19(8-9-24-18)27-12-13-10-14(2-4-17(13)26-27)25-22(28)20-6-7-21(23)30-20/h3,5-9,11-12,14H,2,4,10H2,1H3,(H,25,28). The second-order valence-corrected chi connectivity index (χ2v) is 9.74. The quantitative estimate of drug-likeness (QED) is 0.463. The van der Waals surface area contributed by atoms with Crippen LogP contribution < -0.4 is 10.1 Å². The van der Waals surface area contributed by atoms with E-state index in [1.807, 2.05) is 41.1 Å². The van der Waals surface area contributed by atoms with Gasteiger partial charge in [-0.2, -0.15) is 5.10 Å². The third-order valence-electron chi connectivity index (χ3n) is 5.38. The first-order valence-corrected chi connectivity index (χ1v) is 11.3. The molecule has 3 aromatic heterocycles. The number of aryl methyl sites for hydroxylation is 1. The van der Waals surface area contributed by atoms with Crippen LogP contribution in [-0.4, -0.2) is 33.8 Å². The Morgan fingerprint density at radius 3 is 3.00 bits per heavy atom. The highest BCUT2D eigenvalue weighted by Gasteiger charge is 2.24. The number of hydrogen-bond acceptors (Lipinski definition) is 5. The summed E-state index contributed by atoms with van der Waals surface area (Å²) in [5.41, 5.74) is 4.13.